The topological polar surface area (TPSA) is 51.2 Å². The maximum absolute atomic E-state index is 12.9. The quantitative estimate of drug-likeness (QED) is 0.796. The number of rotatable bonds is 4. The van der Waals surface area contributed by atoms with E-state index in [9.17, 15) is 17.6 Å². The van der Waals surface area contributed by atoms with Crippen LogP contribution in [0, 0.1) is 5.82 Å². The van der Waals surface area contributed by atoms with Crippen LogP contribution in [-0.4, -0.2) is 19.5 Å². The third kappa shape index (κ3) is 2.84. The lowest BCUT2D eigenvalue weighted by Crippen LogP contribution is -2.26. The molecule has 1 atom stereocenters. The first kappa shape index (κ1) is 14.1. The van der Waals surface area contributed by atoms with Crippen LogP contribution in [0.5, 0.6) is 0 Å². The van der Waals surface area contributed by atoms with Gasteiger partial charge in [0.25, 0.3) is 0 Å². The summed E-state index contributed by atoms with van der Waals surface area (Å²) in [5.41, 5.74) is 0. The first-order chi connectivity index (χ1) is 7.80. The van der Waals surface area contributed by atoms with Gasteiger partial charge in [0, 0.05) is 6.42 Å². The predicted molar refractivity (Wildman–Crippen MR) is 63.4 cm³/mol. The Kier molecular flexibility index (Phi) is 4.27. The number of Topliss-reactive ketones (excluding diaryl/α,β-unsaturated/α-hetero) is 1. The fourth-order valence-corrected chi connectivity index (χ4v) is 3.02. The minimum Gasteiger partial charge on any atom is -0.298 e. The zero-order chi connectivity index (χ0) is 13.2. The molecule has 0 saturated carbocycles. The molecule has 1 unspecified atom stereocenters. The Morgan fingerprint density at radius 2 is 2.06 bits per heavy atom. The molecule has 0 radical (unpaired) electrons. The lowest BCUT2D eigenvalue weighted by atomic mass is 10.2. The molecule has 0 aromatic heterocycles. The van der Waals surface area contributed by atoms with Gasteiger partial charge in [-0.1, -0.05) is 18.5 Å². The summed E-state index contributed by atoms with van der Waals surface area (Å²) < 4.78 is 36.9. The molecule has 1 aromatic rings. The Balaban J connectivity index is 3.22. The van der Waals surface area contributed by atoms with Gasteiger partial charge in [0.2, 0.25) is 0 Å². The van der Waals surface area contributed by atoms with Crippen molar-refractivity contribution in [2.45, 2.75) is 30.4 Å². The monoisotopic (exact) mass is 278 g/mol. The number of halogens is 2. The number of sulfone groups is 1. The summed E-state index contributed by atoms with van der Waals surface area (Å²) in [6, 6.07) is 3.10. The largest absolute Gasteiger partial charge is 0.298 e. The predicted octanol–water partition coefficient (Wildman–Crippen LogP) is 2.62. The summed E-state index contributed by atoms with van der Waals surface area (Å²) in [4.78, 5) is 11.3. The molecule has 0 fully saturated rings. The minimum absolute atomic E-state index is 0.134. The number of hydrogen-bond donors (Lipinski definition) is 0. The number of benzene rings is 1. The highest BCUT2D eigenvalue weighted by atomic mass is 35.5. The highest BCUT2D eigenvalue weighted by Crippen LogP contribution is 2.23. The van der Waals surface area contributed by atoms with Crippen molar-refractivity contribution in [3.8, 4) is 0 Å². The minimum atomic E-state index is -3.79. The van der Waals surface area contributed by atoms with E-state index in [4.69, 9.17) is 11.6 Å². The van der Waals surface area contributed by atoms with E-state index in [1.807, 2.05) is 0 Å². The van der Waals surface area contributed by atoms with Gasteiger partial charge in [0.05, 0.1) is 9.92 Å². The molecule has 0 spiro atoms. The van der Waals surface area contributed by atoms with Gasteiger partial charge >= 0.3 is 0 Å². The number of carbonyl (C=O) groups is 1. The summed E-state index contributed by atoms with van der Waals surface area (Å²) in [6.45, 7) is 2.91. The Bertz CT molecular complexity index is 540. The summed E-state index contributed by atoms with van der Waals surface area (Å²) in [7, 11) is -3.79. The summed E-state index contributed by atoms with van der Waals surface area (Å²) in [5, 5.41) is -1.42. The lowest BCUT2D eigenvalue weighted by molar-refractivity contribution is -0.118. The number of ketones is 1. The zero-order valence-corrected chi connectivity index (χ0v) is 11.0. The second-order valence-electron chi connectivity index (χ2n) is 3.58. The van der Waals surface area contributed by atoms with Gasteiger partial charge in [0.1, 0.15) is 11.1 Å². The molecular weight excluding hydrogens is 267 g/mol. The molecular formula is C11H12ClFO3S. The Labute approximate surface area is 105 Å². The molecule has 1 rings (SSSR count). The maximum Gasteiger partial charge on any atom is 0.188 e. The molecule has 0 heterocycles. The van der Waals surface area contributed by atoms with Crippen molar-refractivity contribution in [3.05, 3.63) is 29.0 Å². The molecule has 1 aromatic carbocycles. The fourth-order valence-electron chi connectivity index (χ4n) is 1.32. The summed E-state index contributed by atoms with van der Waals surface area (Å²) in [6.07, 6.45) is 0.134. The van der Waals surface area contributed by atoms with Gasteiger partial charge in [-0.05, 0) is 25.1 Å². The van der Waals surface area contributed by atoms with Crippen LogP contribution in [0.4, 0.5) is 4.39 Å². The fraction of sp³-hybridized carbons (Fsp3) is 0.364. The van der Waals surface area contributed by atoms with E-state index in [1.165, 1.54) is 6.92 Å². The molecule has 0 amide bonds. The molecule has 0 aliphatic rings. The van der Waals surface area contributed by atoms with E-state index in [0.717, 1.165) is 18.2 Å². The van der Waals surface area contributed by atoms with Crippen LogP contribution < -0.4 is 0 Å². The van der Waals surface area contributed by atoms with Crippen molar-refractivity contribution < 1.29 is 17.6 Å². The van der Waals surface area contributed by atoms with Crippen LogP contribution in [0.2, 0.25) is 5.02 Å². The van der Waals surface area contributed by atoms with Gasteiger partial charge in [0.15, 0.2) is 15.6 Å². The van der Waals surface area contributed by atoms with Gasteiger partial charge in [-0.15, -0.1) is 0 Å². The van der Waals surface area contributed by atoms with Crippen LogP contribution in [0.1, 0.15) is 20.3 Å². The van der Waals surface area contributed by atoms with Crippen molar-refractivity contribution in [1.82, 2.24) is 0 Å². The molecule has 0 aliphatic heterocycles. The third-order valence-corrected chi connectivity index (χ3v) is 4.88. The van der Waals surface area contributed by atoms with Crippen LogP contribution in [0.25, 0.3) is 0 Å². The molecule has 0 aliphatic carbocycles. The standard InChI is InChI=1S/C11H12ClFO3S/c1-3-11(14)7(2)17(15,16)8-4-5-10(13)9(12)6-8/h4-7H,3H2,1-2H3. The molecule has 0 bridgehead atoms. The highest BCUT2D eigenvalue weighted by molar-refractivity contribution is 7.92. The Morgan fingerprint density at radius 1 is 1.47 bits per heavy atom. The maximum atomic E-state index is 12.9. The molecule has 6 heteroatoms. The molecule has 0 N–H and O–H groups in total. The SMILES string of the molecule is CCC(=O)C(C)S(=O)(=O)c1ccc(F)c(Cl)c1. The van der Waals surface area contributed by atoms with Gasteiger partial charge in [-0.25, -0.2) is 12.8 Å². The van der Waals surface area contributed by atoms with E-state index in [1.54, 1.807) is 6.92 Å². The normalized spacial score (nSPS) is 13.4. The Hall–Kier alpha value is -0.940. The van der Waals surface area contributed by atoms with Crippen molar-refractivity contribution >= 4 is 27.2 Å². The molecule has 94 valence electrons. The van der Waals surface area contributed by atoms with Crippen molar-refractivity contribution in [2.75, 3.05) is 0 Å². The van der Waals surface area contributed by atoms with Crippen LogP contribution >= 0.6 is 11.6 Å². The zero-order valence-electron chi connectivity index (χ0n) is 9.41. The third-order valence-electron chi connectivity index (χ3n) is 2.49. The van der Waals surface area contributed by atoms with Crippen LogP contribution in [0.15, 0.2) is 23.1 Å². The van der Waals surface area contributed by atoms with Gasteiger partial charge < -0.3 is 0 Å². The Morgan fingerprint density at radius 3 is 2.53 bits per heavy atom. The summed E-state index contributed by atoms with van der Waals surface area (Å²) in [5.74, 6) is -1.08. The van der Waals surface area contributed by atoms with E-state index in [-0.39, 0.29) is 22.1 Å². The highest BCUT2D eigenvalue weighted by Gasteiger charge is 2.28. The van der Waals surface area contributed by atoms with E-state index in [0.29, 0.717) is 0 Å². The van der Waals surface area contributed by atoms with E-state index < -0.39 is 20.9 Å². The first-order valence-corrected chi connectivity index (χ1v) is 6.94. The molecule has 0 saturated heterocycles. The van der Waals surface area contributed by atoms with E-state index in [2.05, 4.69) is 0 Å². The lowest BCUT2D eigenvalue weighted by Gasteiger charge is -2.11. The van der Waals surface area contributed by atoms with Crippen molar-refractivity contribution in [1.29, 1.82) is 0 Å². The summed E-state index contributed by atoms with van der Waals surface area (Å²) >= 11 is 5.51. The number of carbonyl (C=O) groups excluding carboxylic acids is 1. The smallest absolute Gasteiger partial charge is 0.188 e. The van der Waals surface area contributed by atoms with Crippen LogP contribution in [-0.2, 0) is 14.6 Å². The second kappa shape index (κ2) is 5.14. The molecule has 17 heavy (non-hydrogen) atoms. The van der Waals surface area contributed by atoms with Crippen molar-refractivity contribution in [2.24, 2.45) is 0 Å². The van der Waals surface area contributed by atoms with Gasteiger partial charge in [-0.3, -0.25) is 4.79 Å². The van der Waals surface area contributed by atoms with Gasteiger partial charge in [-0.2, -0.15) is 0 Å². The van der Waals surface area contributed by atoms with Crippen molar-refractivity contribution in [3.63, 3.8) is 0 Å². The average Bonchev–Trinajstić information content (AvgIpc) is 2.30. The molecule has 3 nitrogen and oxygen atoms in total. The average molecular weight is 279 g/mol. The van der Waals surface area contributed by atoms with Crippen LogP contribution in [0.3, 0.4) is 0 Å². The second-order valence-corrected chi connectivity index (χ2v) is 6.26. The van der Waals surface area contributed by atoms with E-state index >= 15 is 0 Å². The first-order valence-electron chi connectivity index (χ1n) is 5.02. The number of hydrogen-bond acceptors (Lipinski definition) is 3.